The van der Waals surface area contributed by atoms with Gasteiger partial charge in [0, 0.05) is 13.1 Å². The molecular formula is C16H19N3O2S. The van der Waals surface area contributed by atoms with Gasteiger partial charge in [-0.2, -0.15) is 0 Å². The number of likely N-dealkylation sites (tertiary alicyclic amines) is 1. The van der Waals surface area contributed by atoms with E-state index in [0.29, 0.717) is 11.5 Å². The number of carbonyl (C=O) groups is 1. The summed E-state index contributed by atoms with van der Waals surface area (Å²) in [5.74, 6) is 0.0500. The number of aromatic nitrogens is 2. The number of carbonyl (C=O) groups excluding carboxylic acids is 1. The number of hydrogen-bond acceptors (Lipinski definition) is 5. The summed E-state index contributed by atoms with van der Waals surface area (Å²) in [6.07, 6.45) is 1.98. The molecule has 0 bridgehead atoms. The van der Waals surface area contributed by atoms with Crippen LogP contribution in [0.1, 0.15) is 33.8 Å². The molecule has 0 radical (unpaired) electrons. The van der Waals surface area contributed by atoms with Crippen LogP contribution < -0.4 is 0 Å². The topological polar surface area (TPSA) is 55.3 Å². The number of nitrogens with zero attached hydrogens (tertiary/aromatic N) is 3. The highest BCUT2D eigenvalue weighted by Gasteiger charge is 2.26. The second-order valence-corrected chi connectivity index (χ2v) is 6.23. The summed E-state index contributed by atoms with van der Waals surface area (Å²) < 4.78 is 9.79. The third-order valence-corrected chi connectivity index (χ3v) is 4.72. The van der Waals surface area contributed by atoms with Crippen molar-refractivity contribution in [2.75, 3.05) is 13.1 Å². The molecule has 3 rings (SSSR count). The molecule has 0 aliphatic carbocycles. The van der Waals surface area contributed by atoms with Gasteiger partial charge in [0.1, 0.15) is 4.88 Å². The van der Waals surface area contributed by atoms with Crippen LogP contribution >= 0.6 is 11.5 Å². The highest BCUT2D eigenvalue weighted by molar-refractivity contribution is 7.07. The summed E-state index contributed by atoms with van der Waals surface area (Å²) in [7, 11) is 0. The molecule has 0 atom stereocenters. The third kappa shape index (κ3) is 3.51. The summed E-state index contributed by atoms with van der Waals surface area (Å²) in [4.78, 5) is 14.9. The Balaban J connectivity index is 1.48. The predicted octanol–water partition coefficient (Wildman–Crippen LogP) is 2.67. The van der Waals surface area contributed by atoms with Crippen LogP contribution in [0.15, 0.2) is 30.3 Å². The fraction of sp³-hybridized carbons (Fsp3) is 0.438. The number of ether oxygens (including phenoxy) is 1. The maximum absolute atomic E-state index is 12.4. The molecule has 0 spiro atoms. The lowest BCUT2D eigenvalue weighted by atomic mass is 10.1. The molecule has 0 unspecified atom stereocenters. The van der Waals surface area contributed by atoms with Gasteiger partial charge in [-0.3, -0.25) is 4.79 Å². The Morgan fingerprint density at radius 2 is 2.05 bits per heavy atom. The van der Waals surface area contributed by atoms with Crippen LogP contribution in [0.25, 0.3) is 0 Å². The molecule has 1 aromatic heterocycles. The first-order valence-corrected chi connectivity index (χ1v) is 8.25. The smallest absolute Gasteiger partial charge is 0.267 e. The van der Waals surface area contributed by atoms with Crippen LogP contribution in [0, 0.1) is 6.92 Å². The second kappa shape index (κ2) is 6.98. The fourth-order valence-electron chi connectivity index (χ4n) is 2.59. The third-order valence-electron chi connectivity index (χ3n) is 3.90. The Bertz CT molecular complexity index is 621. The maximum atomic E-state index is 12.4. The summed E-state index contributed by atoms with van der Waals surface area (Å²) in [5, 5.41) is 3.91. The number of rotatable bonds is 4. The first-order chi connectivity index (χ1) is 10.7. The number of aryl methyl sites for hydroxylation is 1. The molecule has 1 aliphatic heterocycles. The molecule has 5 nitrogen and oxygen atoms in total. The van der Waals surface area contributed by atoms with E-state index in [9.17, 15) is 4.79 Å². The van der Waals surface area contributed by atoms with Gasteiger partial charge in [-0.25, -0.2) is 0 Å². The van der Waals surface area contributed by atoms with Gasteiger partial charge < -0.3 is 9.64 Å². The average molecular weight is 317 g/mol. The highest BCUT2D eigenvalue weighted by Crippen LogP contribution is 2.19. The van der Waals surface area contributed by atoms with Gasteiger partial charge in [-0.1, -0.05) is 34.8 Å². The normalized spacial score (nSPS) is 16.0. The zero-order valence-corrected chi connectivity index (χ0v) is 13.4. The molecule has 22 heavy (non-hydrogen) atoms. The minimum atomic E-state index is 0.0500. The van der Waals surface area contributed by atoms with Gasteiger partial charge in [-0.05, 0) is 36.9 Å². The van der Waals surface area contributed by atoms with E-state index in [1.165, 1.54) is 17.1 Å². The van der Waals surface area contributed by atoms with Crippen molar-refractivity contribution in [3.63, 3.8) is 0 Å². The molecule has 1 aliphatic rings. The van der Waals surface area contributed by atoms with Crippen LogP contribution in [-0.4, -0.2) is 39.6 Å². The minimum Gasteiger partial charge on any atom is -0.373 e. The Morgan fingerprint density at radius 1 is 1.32 bits per heavy atom. The average Bonchev–Trinajstić information content (AvgIpc) is 3.00. The van der Waals surface area contributed by atoms with Crippen molar-refractivity contribution in [1.29, 1.82) is 0 Å². The van der Waals surface area contributed by atoms with Crippen molar-refractivity contribution in [1.82, 2.24) is 14.5 Å². The second-order valence-electron chi connectivity index (χ2n) is 5.48. The van der Waals surface area contributed by atoms with Crippen molar-refractivity contribution in [3.05, 3.63) is 46.5 Å². The van der Waals surface area contributed by atoms with Gasteiger partial charge in [-0.15, -0.1) is 5.10 Å². The molecule has 2 heterocycles. The largest absolute Gasteiger partial charge is 0.373 e. The van der Waals surface area contributed by atoms with E-state index in [2.05, 4.69) is 21.7 Å². The van der Waals surface area contributed by atoms with Crippen molar-refractivity contribution in [3.8, 4) is 0 Å². The van der Waals surface area contributed by atoms with Gasteiger partial charge in [0.2, 0.25) is 0 Å². The highest BCUT2D eigenvalue weighted by atomic mass is 32.1. The molecule has 2 aromatic rings. The van der Waals surface area contributed by atoms with Crippen LogP contribution in [0.2, 0.25) is 0 Å². The first-order valence-electron chi connectivity index (χ1n) is 7.48. The van der Waals surface area contributed by atoms with Gasteiger partial charge in [0.05, 0.1) is 18.4 Å². The van der Waals surface area contributed by atoms with E-state index >= 15 is 0 Å². The predicted molar refractivity (Wildman–Crippen MR) is 84.8 cm³/mol. The number of benzene rings is 1. The SMILES string of the molecule is Cc1nnsc1C(=O)N1CCC(OCc2ccccc2)CC1. The Kier molecular flexibility index (Phi) is 4.80. The minimum absolute atomic E-state index is 0.0500. The van der Waals surface area contributed by atoms with Crippen molar-refractivity contribution in [2.45, 2.75) is 32.5 Å². The van der Waals surface area contributed by atoms with Crippen molar-refractivity contribution >= 4 is 17.4 Å². The van der Waals surface area contributed by atoms with Crippen LogP contribution in [0.4, 0.5) is 0 Å². The molecule has 1 saturated heterocycles. The first kappa shape index (κ1) is 15.1. The Labute approximate surface area is 134 Å². The lowest BCUT2D eigenvalue weighted by molar-refractivity contribution is -0.000288. The summed E-state index contributed by atoms with van der Waals surface area (Å²) >= 11 is 1.18. The zero-order valence-electron chi connectivity index (χ0n) is 12.6. The fourth-order valence-corrected chi connectivity index (χ4v) is 3.21. The molecule has 6 heteroatoms. The van der Waals surface area contributed by atoms with E-state index < -0.39 is 0 Å². The zero-order chi connectivity index (χ0) is 15.4. The standard InChI is InChI=1S/C16H19N3O2S/c1-12-15(22-18-17-12)16(20)19-9-7-14(8-10-19)21-11-13-5-3-2-4-6-13/h2-6,14H,7-11H2,1H3. The van der Waals surface area contributed by atoms with Gasteiger partial charge >= 0.3 is 0 Å². The van der Waals surface area contributed by atoms with Crippen LogP contribution in [0.5, 0.6) is 0 Å². The molecule has 1 fully saturated rings. The summed E-state index contributed by atoms with van der Waals surface area (Å²) in [6.45, 7) is 3.93. The lowest BCUT2D eigenvalue weighted by Crippen LogP contribution is -2.40. The van der Waals surface area contributed by atoms with E-state index in [4.69, 9.17) is 4.74 Å². The van der Waals surface area contributed by atoms with E-state index in [-0.39, 0.29) is 12.0 Å². The monoisotopic (exact) mass is 317 g/mol. The van der Waals surface area contributed by atoms with E-state index in [1.807, 2.05) is 30.0 Å². The van der Waals surface area contributed by atoms with Crippen LogP contribution in [-0.2, 0) is 11.3 Å². The van der Waals surface area contributed by atoms with Gasteiger partial charge in [0.15, 0.2) is 0 Å². The molecule has 1 amide bonds. The Morgan fingerprint density at radius 3 is 2.68 bits per heavy atom. The molecule has 0 N–H and O–H groups in total. The van der Waals surface area contributed by atoms with Gasteiger partial charge in [0.25, 0.3) is 5.91 Å². The number of hydrogen-bond donors (Lipinski definition) is 0. The quantitative estimate of drug-likeness (QED) is 0.870. The molecule has 116 valence electrons. The summed E-state index contributed by atoms with van der Waals surface area (Å²) in [5.41, 5.74) is 1.91. The van der Waals surface area contributed by atoms with Crippen LogP contribution in [0.3, 0.4) is 0 Å². The number of amides is 1. The van der Waals surface area contributed by atoms with Crippen molar-refractivity contribution < 1.29 is 9.53 Å². The lowest BCUT2D eigenvalue weighted by Gasteiger charge is -2.31. The molecular weight excluding hydrogens is 298 g/mol. The number of piperidine rings is 1. The van der Waals surface area contributed by atoms with E-state index in [1.54, 1.807) is 0 Å². The maximum Gasteiger partial charge on any atom is 0.267 e. The summed E-state index contributed by atoms with van der Waals surface area (Å²) in [6, 6.07) is 10.2. The Hall–Kier alpha value is -1.79. The van der Waals surface area contributed by atoms with E-state index in [0.717, 1.165) is 31.6 Å². The van der Waals surface area contributed by atoms with Crippen molar-refractivity contribution in [2.24, 2.45) is 0 Å². The molecule has 1 aromatic carbocycles. The molecule has 0 saturated carbocycles.